The molecule has 8 heteroatoms. The monoisotopic (exact) mass is 417 g/mol. The van der Waals surface area contributed by atoms with Gasteiger partial charge in [-0.2, -0.15) is 5.10 Å². The number of benzene rings is 2. The summed E-state index contributed by atoms with van der Waals surface area (Å²) in [6.45, 7) is 0.863. The number of hydrogen-bond donors (Lipinski definition) is 1. The summed E-state index contributed by atoms with van der Waals surface area (Å²) in [5.41, 5.74) is 3.37. The quantitative estimate of drug-likeness (QED) is 0.538. The molecule has 2 atom stereocenters. The SMILES string of the molecule is COc1cccc(-c2ccc(=O)n(C3COCC3Nc3nc4ccccc4n3C)n2)c1. The van der Waals surface area contributed by atoms with E-state index in [0.29, 0.717) is 18.9 Å². The first kappa shape index (κ1) is 19.3. The van der Waals surface area contributed by atoms with Crippen molar-refractivity contribution in [2.45, 2.75) is 12.1 Å². The van der Waals surface area contributed by atoms with Crippen LogP contribution in [-0.2, 0) is 11.8 Å². The highest BCUT2D eigenvalue weighted by atomic mass is 16.5. The zero-order valence-corrected chi connectivity index (χ0v) is 17.4. The van der Waals surface area contributed by atoms with Gasteiger partial charge in [-0.1, -0.05) is 24.3 Å². The van der Waals surface area contributed by atoms with Gasteiger partial charge in [0.2, 0.25) is 5.95 Å². The van der Waals surface area contributed by atoms with Crippen LogP contribution in [0, 0.1) is 0 Å². The summed E-state index contributed by atoms with van der Waals surface area (Å²) >= 11 is 0. The number of para-hydroxylation sites is 2. The average molecular weight is 417 g/mol. The molecule has 0 bridgehead atoms. The molecule has 2 aromatic carbocycles. The van der Waals surface area contributed by atoms with Gasteiger partial charge in [0.1, 0.15) is 11.8 Å². The van der Waals surface area contributed by atoms with Gasteiger partial charge in [-0.25, -0.2) is 9.67 Å². The first-order valence-electron chi connectivity index (χ1n) is 10.1. The molecule has 0 aliphatic carbocycles. The molecular weight excluding hydrogens is 394 g/mol. The predicted molar refractivity (Wildman–Crippen MR) is 118 cm³/mol. The molecule has 1 N–H and O–H groups in total. The summed E-state index contributed by atoms with van der Waals surface area (Å²) in [5.74, 6) is 1.47. The van der Waals surface area contributed by atoms with E-state index in [-0.39, 0.29) is 17.6 Å². The second-order valence-corrected chi connectivity index (χ2v) is 7.57. The highest BCUT2D eigenvalue weighted by Crippen LogP contribution is 2.26. The number of hydrogen-bond acceptors (Lipinski definition) is 6. The van der Waals surface area contributed by atoms with Crippen molar-refractivity contribution in [2.75, 3.05) is 25.6 Å². The molecule has 31 heavy (non-hydrogen) atoms. The number of ether oxygens (including phenoxy) is 2. The molecule has 8 nitrogen and oxygen atoms in total. The maximum atomic E-state index is 12.7. The molecule has 2 unspecified atom stereocenters. The topological polar surface area (TPSA) is 83.2 Å². The van der Waals surface area contributed by atoms with Crippen molar-refractivity contribution in [3.63, 3.8) is 0 Å². The van der Waals surface area contributed by atoms with Gasteiger partial charge in [0.15, 0.2) is 0 Å². The van der Waals surface area contributed by atoms with Crippen LogP contribution in [0.5, 0.6) is 5.75 Å². The number of methoxy groups -OCH3 is 1. The largest absolute Gasteiger partial charge is 0.497 e. The van der Waals surface area contributed by atoms with Crippen LogP contribution < -0.4 is 15.6 Å². The zero-order chi connectivity index (χ0) is 21.4. The second kappa shape index (κ2) is 7.88. The Morgan fingerprint density at radius 3 is 2.81 bits per heavy atom. The number of nitrogens with zero attached hydrogens (tertiary/aromatic N) is 4. The molecule has 158 valence electrons. The maximum absolute atomic E-state index is 12.7. The number of aromatic nitrogens is 4. The fourth-order valence-corrected chi connectivity index (χ4v) is 3.96. The summed E-state index contributed by atoms with van der Waals surface area (Å²) in [5, 5.41) is 8.12. The lowest BCUT2D eigenvalue weighted by molar-refractivity contribution is 0.183. The van der Waals surface area contributed by atoms with Crippen LogP contribution >= 0.6 is 0 Å². The van der Waals surface area contributed by atoms with Crippen LogP contribution in [0.1, 0.15) is 6.04 Å². The van der Waals surface area contributed by atoms with Gasteiger partial charge in [0.05, 0.1) is 43.1 Å². The van der Waals surface area contributed by atoms with Crippen LogP contribution in [-0.4, -0.2) is 45.7 Å². The Kier molecular flexibility index (Phi) is 4.91. The molecule has 0 radical (unpaired) electrons. The van der Waals surface area contributed by atoms with E-state index < -0.39 is 0 Å². The fourth-order valence-electron chi connectivity index (χ4n) is 3.96. The van der Waals surface area contributed by atoms with Crippen LogP contribution in [0.4, 0.5) is 5.95 Å². The molecule has 5 rings (SSSR count). The third-order valence-electron chi connectivity index (χ3n) is 5.66. The number of aryl methyl sites for hydroxylation is 1. The summed E-state index contributed by atoms with van der Waals surface area (Å²) in [7, 11) is 3.59. The molecule has 0 saturated carbocycles. The number of imidazole rings is 1. The summed E-state index contributed by atoms with van der Waals surface area (Å²) in [6.07, 6.45) is 0. The Hall–Kier alpha value is -3.65. The summed E-state index contributed by atoms with van der Waals surface area (Å²) in [6, 6.07) is 18.5. The van der Waals surface area contributed by atoms with Crippen molar-refractivity contribution in [1.82, 2.24) is 19.3 Å². The van der Waals surface area contributed by atoms with Crippen molar-refractivity contribution in [3.8, 4) is 17.0 Å². The molecule has 1 saturated heterocycles. The predicted octanol–water partition coefficient (Wildman–Crippen LogP) is 2.86. The zero-order valence-electron chi connectivity index (χ0n) is 17.4. The van der Waals surface area contributed by atoms with Gasteiger partial charge in [0.25, 0.3) is 5.56 Å². The minimum atomic E-state index is -0.252. The van der Waals surface area contributed by atoms with E-state index in [1.165, 1.54) is 4.68 Å². The maximum Gasteiger partial charge on any atom is 0.267 e. The van der Waals surface area contributed by atoms with Crippen LogP contribution in [0.15, 0.2) is 65.5 Å². The van der Waals surface area contributed by atoms with Gasteiger partial charge < -0.3 is 19.4 Å². The van der Waals surface area contributed by atoms with E-state index in [1.807, 2.05) is 60.1 Å². The van der Waals surface area contributed by atoms with Gasteiger partial charge >= 0.3 is 0 Å². The number of anilines is 1. The lowest BCUT2D eigenvalue weighted by Gasteiger charge is -2.21. The minimum Gasteiger partial charge on any atom is -0.497 e. The average Bonchev–Trinajstić information content (AvgIpc) is 3.39. The van der Waals surface area contributed by atoms with Crippen molar-refractivity contribution < 1.29 is 9.47 Å². The van der Waals surface area contributed by atoms with Crippen molar-refractivity contribution in [2.24, 2.45) is 7.05 Å². The Morgan fingerprint density at radius 2 is 1.97 bits per heavy atom. The van der Waals surface area contributed by atoms with Crippen molar-refractivity contribution in [1.29, 1.82) is 0 Å². The van der Waals surface area contributed by atoms with Gasteiger partial charge in [-0.15, -0.1) is 0 Å². The molecule has 1 aliphatic heterocycles. The van der Waals surface area contributed by atoms with Crippen LogP contribution in [0.2, 0.25) is 0 Å². The van der Waals surface area contributed by atoms with E-state index in [9.17, 15) is 4.79 Å². The first-order chi connectivity index (χ1) is 15.1. The van der Waals surface area contributed by atoms with E-state index >= 15 is 0 Å². The van der Waals surface area contributed by atoms with Gasteiger partial charge in [-0.05, 0) is 30.3 Å². The van der Waals surface area contributed by atoms with Crippen molar-refractivity contribution in [3.05, 3.63) is 71.0 Å². The molecule has 0 spiro atoms. The third kappa shape index (κ3) is 3.55. The Labute approximate surface area is 179 Å². The highest BCUT2D eigenvalue weighted by Gasteiger charge is 2.32. The lowest BCUT2D eigenvalue weighted by atomic mass is 10.1. The molecule has 3 heterocycles. The summed E-state index contributed by atoms with van der Waals surface area (Å²) in [4.78, 5) is 17.4. The molecule has 2 aromatic heterocycles. The van der Waals surface area contributed by atoms with E-state index in [4.69, 9.17) is 9.47 Å². The molecule has 1 fully saturated rings. The van der Waals surface area contributed by atoms with E-state index in [2.05, 4.69) is 15.4 Å². The Morgan fingerprint density at radius 1 is 1.10 bits per heavy atom. The second-order valence-electron chi connectivity index (χ2n) is 7.57. The molecular formula is C23H23N5O3. The van der Waals surface area contributed by atoms with E-state index in [1.54, 1.807) is 19.2 Å². The molecule has 4 aromatic rings. The Bertz CT molecular complexity index is 1300. The normalized spacial score (nSPS) is 18.4. The standard InChI is InChI=1S/C23H23N5O3/c1-27-20-9-4-3-8-18(20)24-23(27)25-19-13-31-14-21(19)28-22(29)11-10-17(26-28)15-6-5-7-16(12-15)30-2/h3-12,19,21H,13-14H2,1-2H3,(H,24,25). The smallest absolute Gasteiger partial charge is 0.267 e. The van der Waals surface area contributed by atoms with Gasteiger partial charge in [0, 0.05) is 18.7 Å². The van der Waals surface area contributed by atoms with E-state index in [0.717, 1.165) is 28.3 Å². The number of fused-ring (bicyclic) bond motifs is 1. The van der Waals surface area contributed by atoms with Crippen LogP contribution in [0.3, 0.4) is 0 Å². The molecule has 0 amide bonds. The third-order valence-corrected chi connectivity index (χ3v) is 5.66. The number of rotatable bonds is 5. The fraction of sp³-hybridized carbons (Fsp3) is 0.261. The highest BCUT2D eigenvalue weighted by molar-refractivity contribution is 5.78. The Balaban J connectivity index is 1.47. The lowest BCUT2D eigenvalue weighted by Crippen LogP contribution is -2.37. The van der Waals surface area contributed by atoms with Gasteiger partial charge in [-0.3, -0.25) is 4.79 Å². The first-order valence-corrected chi connectivity index (χ1v) is 10.1. The van der Waals surface area contributed by atoms with Crippen LogP contribution in [0.25, 0.3) is 22.3 Å². The van der Waals surface area contributed by atoms with Crippen molar-refractivity contribution >= 4 is 17.0 Å². The minimum absolute atomic E-state index is 0.138. The summed E-state index contributed by atoms with van der Waals surface area (Å²) < 4.78 is 14.6. The number of nitrogens with one attached hydrogen (secondary N) is 1. The molecule has 1 aliphatic rings.